The number of phenols is 1. The van der Waals surface area contributed by atoms with Gasteiger partial charge in [-0.25, -0.2) is 0 Å². The molecule has 2 saturated heterocycles. The smallest absolute Gasteiger partial charge is 0.257 e. The third kappa shape index (κ3) is 3.81. The summed E-state index contributed by atoms with van der Waals surface area (Å²) >= 11 is 0. The van der Waals surface area contributed by atoms with E-state index in [2.05, 4.69) is 0 Å². The molecule has 1 aromatic rings. The van der Waals surface area contributed by atoms with Crippen LogP contribution in [0.25, 0.3) is 0 Å². The van der Waals surface area contributed by atoms with Crippen LogP contribution in [0.4, 0.5) is 0 Å². The van der Waals surface area contributed by atoms with Crippen molar-refractivity contribution in [2.24, 2.45) is 5.92 Å². The molecule has 0 aromatic heterocycles. The number of carbonyl (C=O) groups is 2. The maximum atomic E-state index is 13.1. The predicted octanol–water partition coefficient (Wildman–Crippen LogP) is 1.98. The Kier molecular flexibility index (Phi) is 5.34. The van der Waals surface area contributed by atoms with Crippen LogP contribution in [0.15, 0.2) is 12.1 Å². The average molecular weight is 372 g/mol. The summed E-state index contributed by atoms with van der Waals surface area (Å²) in [6, 6.07) is 3.64. The van der Waals surface area contributed by atoms with Crippen molar-refractivity contribution in [1.29, 1.82) is 0 Å². The number of ether oxygens (including phenoxy) is 1. The number of nitrogens with zero attached hydrogens (tertiary/aromatic N) is 2. The average Bonchev–Trinajstić information content (AvgIpc) is 2.73. The van der Waals surface area contributed by atoms with Gasteiger partial charge in [0.2, 0.25) is 5.91 Å². The molecule has 27 heavy (non-hydrogen) atoms. The molecule has 0 saturated carbocycles. The van der Waals surface area contributed by atoms with Gasteiger partial charge in [-0.1, -0.05) is 0 Å². The monoisotopic (exact) mass is 372 g/mol. The zero-order chi connectivity index (χ0) is 18.8. The largest absolute Gasteiger partial charge is 0.507 e. The molecule has 2 amide bonds. The van der Waals surface area contributed by atoms with Crippen molar-refractivity contribution >= 4 is 11.8 Å². The van der Waals surface area contributed by atoms with Crippen molar-refractivity contribution in [3.63, 3.8) is 0 Å². The predicted molar refractivity (Wildman–Crippen MR) is 101 cm³/mol. The lowest BCUT2D eigenvalue weighted by atomic mass is 9.89. The Balaban J connectivity index is 1.48. The first-order chi connectivity index (χ1) is 13.1. The summed E-state index contributed by atoms with van der Waals surface area (Å²) in [7, 11) is 0. The maximum Gasteiger partial charge on any atom is 0.257 e. The van der Waals surface area contributed by atoms with E-state index >= 15 is 0 Å². The molecule has 2 aliphatic heterocycles. The third-order valence-electron chi connectivity index (χ3n) is 6.07. The number of carbonyl (C=O) groups excluding carboxylic acids is 2. The second-order valence-electron chi connectivity index (χ2n) is 7.87. The van der Waals surface area contributed by atoms with Gasteiger partial charge >= 0.3 is 0 Å². The minimum absolute atomic E-state index is 0.0716. The highest BCUT2D eigenvalue weighted by Gasteiger charge is 2.33. The third-order valence-corrected chi connectivity index (χ3v) is 6.07. The highest BCUT2D eigenvalue weighted by Crippen LogP contribution is 2.30. The Labute approximate surface area is 160 Å². The number of aromatic hydroxyl groups is 1. The summed E-state index contributed by atoms with van der Waals surface area (Å²) in [6.07, 6.45) is 5.84. The van der Waals surface area contributed by atoms with E-state index in [1.54, 1.807) is 11.0 Å². The lowest BCUT2D eigenvalue weighted by Crippen LogP contribution is -2.49. The van der Waals surface area contributed by atoms with Gasteiger partial charge < -0.3 is 19.6 Å². The van der Waals surface area contributed by atoms with E-state index in [-0.39, 0.29) is 23.5 Å². The molecule has 4 rings (SSSR count). The molecule has 1 N–H and O–H groups in total. The molecule has 2 heterocycles. The molecule has 6 heteroatoms. The van der Waals surface area contributed by atoms with Crippen LogP contribution in [0.2, 0.25) is 0 Å². The number of benzene rings is 1. The minimum Gasteiger partial charge on any atom is -0.507 e. The minimum atomic E-state index is -0.152. The lowest BCUT2D eigenvalue weighted by molar-refractivity contribution is -0.141. The van der Waals surface area contributed by atoms with Crippen LogP contribution in [0.5, 0.6) is 5.75 Å². The standard InChI is InChI=1S/C21H28N2O4/c24-19-13-16-5-2-1-4-15(16)12-18(19)21(26)23-7-3-6-17(14-23)20(25)22-8-10-27-11-9-22/h12-13,17,24H,1-11,14H2. The molecule has 1 aliphatic carbocycles. The van der Waals surface area contributed by atoms with Gasteiger partial charge in [0.25, 0.3) is 5.91 Å². The Morgan fingerprint density at radius 3 is 2.41 bits per heavy atom. The summed E-state index contributed by atoms with van der Waals surface area (Å²) in [5, 5.41) is 10.4. The number of morpholine rings is 1. The van der Waals surface area contributed by atoms with E-state index in [4.69, 9.17) is 4.74 Å². The highest BCUT2D eigenvalue weighted by atomic mass is 16.5. The fourth-order valence-electron chi connectivity index (χ4n) is 4.52. The highest BCUT2D eigenvalue weighted by molar-refractivity contribution is 5.97. The maximum absolute atomic E-state index is 13.1. The lowest BCUT2D eigenvalue weighted by Gasteiger charge is -2.36. The van der Waals surface area contributed by atoms with E-state index in [0.29, 0.717) is 45.0 Å². The first-order valence-corrected chi connectivity index (χ1v) is 10.1. The fourth-order valence-corrected chi connectivity index (χ4v) is 4.52. The second kappa shape index (κ2) is 7.89. The van der Waals surface area contributed by atoms with Crippen molar-refractivity contribution in [2.45, 2.75) is 38.5 Å². The molecule has 1 unspecified atom stereocenters. The number of piperidine rings is 1. The van der Waals surface area contributed by atoms with Gasteiger partial charge in [0.15, 0.2) is 0 Å². The number of hydrogen-bond acceptors (Lipinski definition) is 4. The molecule has 1 atom stereocenters. The summed E-state index contributed by atoms with van der Waals surface area (Å²) in [6.45, 7) is 3.52. The van der Waals surface area contributed by atoms with Crippen LogP contribution < -0.4 is 0 Å². The summed E-state index contributed by atoms with van der Waals surface area (Å²) in [4.78, 5) is 29.5. The Bertz CT molecular complexity index is 727. The van der Waals surface area contributed by atoms with Gasteiger partial charge in [0.1, 0.15) is 5.75 Å². The van der Waals surface area contributed by atoms with Gasteiger partial charge in [-0.05, 0) is 61.8 Å². The number of hydrogen-bond donors (Lipinski definition) is 1. The quantitative estimate of drug-likeness (QED) is 0.862. The number of aryl methyl sites for hydroxylation is 2. The molecule has 6 nitrogen and oxygen atoms in total. The van der Waals surface area contributed by atoms with Gasteiger partial charge in [-0.15, -0.1) is 0 Å². The number of fused-ring (bicyclic) bond motifs is 1. The Hall–Kier alpha value is -2.08. The van der Waals surface area contributed by atoms with Gasteiger partial charge in [-0.3, -0.25) is 9.59 Å². The van der Waals surface area contributed by atoms with Crippen molar-refractivity contribution in [3.8, 4) is 5.75 Å². The zero-order valence-electron chi connectivity index (χ0n) is 15.8. The fraction of sp³-hybridized carbons (Fsp3) is 0.619. The van der Waals surface area contributed by atoms with E-state index in [1.807, 2.05) is 11.0 Å². The van der Waals surface area contributed by atoms with Crippen LogP contribution >= 0.6 is 0 Å². The normalized spacial score (nSPS) is 23.0. The van der Waals surface area contributed by atoms with Crippen LogP contribution in [0.3, 0.4) is 0 Å². The first kappa shape index (κ1) is 18.3. The Morgan fingerprint density at radius 1 is 0.963 bits per heavy atom. The number of phenolic OH excluding ortho intramolecular Hbond substituents is 1. The second-order valence-corrected chi connectivity index (χ2v) is 7.87. The van der Waals surface area contributed by atoms with Gasteiger partial charge in [-0.2, -0.15) is 0 Å². The molecule has 146 valence electrons. The molecule has 0 spiro atoms. The summed E-state index contributed by atoms with van der Waals surface area (Å²) in [5.41, 5.74) is 2.73. The van der Waals surface area contributed by atoms with Gasteiger partial charge in [0, 0.05) is 26.2 Å². The summed E-state index contributed by atoms with van der Waals surface area (Å²) in [5.74, 6) is -0.103. The molecule has 2 fully saturated rings. The van der Waals surface area contributed by atoms with E-state index in [1.165, 1.54) is 5.56 Å². The van der Waals surface area contributed by atoms with Crippen molar-refractivity contribution < 1.29 is 19.4 Å². The first-order valence-electron chi connectivity index (χ1n) is 10.1. The van der Waals surface area contributed by atoms with Crippen LogP contribution in [-0.2, 0) is 22.4 Å². The van der Waals surface area contributed by atoms with Crippen molar-refractivity contribution in [1.82, 2.24) is 9.80 Å². The molecular weight excluding hydrogens is 344 g/mol. The number of likely N-dealkylation sites (tertiary alicyclic amines) is 1. The summed E-state index contributed by atoms with van der Waals surface area (Å²) < 4.78 is 5.33. The molecular formula is C21H28N2O4. The molecule has 0 radical (unpaired) electrons. The number of amides is 2. The topological polar surface area (TPSA) is 70.1 Å². The molecule has 3 aliphatic rings. The van der Waals surface area contributed by atoms with E-state index in [9.17, 15) is 14.7 Å². The van der Waals surface area contributed by atoms with Crippen molar-refractivity contribution in [3.05, 3.63) is 28.8 Å². The van der Waals surface area contributed by atoms with E-state index < -0.39 is 0 Å². The van der Waals surface area contributed by atoms with Crippen LogP contribution in [0, 0.1) is 5.92 Å². The molecule has 1 aromatic carbocycles. The molecule has 0 bridgehead atoms. The zero-order valence-corrected chi connectivity index (χ0v) is 15.8. The number of rotatable bonds is 2. The SMILES string of the molecule is O=C(c1cc2c(cc1O)CCCC2)N1CCCC(C(=O)N2CCOCC2)C1. The van der Waals surface area contributed by atoms with E-state index in [0.717, 1.165) is 44.1 Å². The Morgan fingerprint density at radius 2 is 1.67 bits per heavy atom. The van der Waals surface area contributed by atoms with Crippen LogP contribution in [0.1, 0.15) is 47.2 Å². The van der Waals surface area contributed by atoms with Crippen molar-refractivity contribution in [2.75, 3.05) is 39.4 Å². The van der Waals surface area contributed by atoms with Gasteiger partial charge in [0.05, 0.1) is 24.7 Å². The van der Waals surface area contributed by atoms with Crippen LogP contribution in [-0.4, -0.2) is 66.1 Å².